The molecule has 3 heterocycles. The summed E-state index contributed by atoms with van der Waals surface area (Å²) in [4.78, 5) is 46.9. The van der Waals surface area contributed by atoms with E-state index in [0.717, 1.165) is 60.3 Å². The number of rotatable bonds is 7. The predicted molar refractivity (Wildman–Crippen MR) is 197 cm³/mol. The summed E-state index contributed by atoms with van der Waals surface area (Å²) >= 11 is 1.54. The fourth-order valence-corrected chi connectivity index (χ4v) is 14.7. The Balaban J connectivity index is 1.12. The molecule has 282 valence electrons. The molecule has 2 spiro atoms. The second kappa shape index (κ2) is 10.9. The first-order chi connectivity index (χ1) is 24.4. The van der Waals surface area contributed by atoms with Crippen molar-refractivity contribution >= 4 is 29.0 Å². The van der Waals surface area contributed by atoms with Crippen molar-refractivity contribution in [3.63, 3.8) is 0 Å². The Bertz CT molecular complexity index is 1810. The minimum Gasteiger partial charge on any atom is -0.448 e. The first kappa shape index (κ1) is 35.4. The van der Waals surface area contributed by atoms with E-state index in [1.54, 1.807) is 11.3 Å². The molecule has 4 bridgehead atoms. The number of nitrogens with zero attached hydrogens (tertiary/aromatic N) is 1. The lowest BCUT2D eigenvalue weighted by Crippen LogP contribution is -2.68. The van der Waals surface area contributed by atoms with Gasteiger partial charge in [-0.05, 0) is 114 Å². The molecule has 1 unspecified atom stereocenters. The summed E-state index contributed by atoms with van der Waals surface area (Å²) in [5.41, 5.74) is -4.75. The van der Waals surface area contributed by atoms with E-state index in [-0.39, 0.29) is 53.0 Å². The number of aliphatic hydroxyl groups excluding tert-OH is 1. The molecular formula is C43H57NO7S. The van der Waals surface area contributed by atoms with Crippen LogP contribution in [0.1, 0.15) is 120 Å². The maximum absolute atomic E-state index is 15.1. The molecule has 0 radical (unpaired) electrons. The largest absolute Gasteiger partial charge is 0.448 e. The molecule has 10 rings (SSSR count). The van der Waals surface area contributed by atoms with Gasteiger partial charge in [0.1, 0.15) is 0 Å². The first-order valence-corrected chi connectivity index (χ1v) is 20.8. The number of hydrogen-bond acceptors (Lipinski definition) is 8. The highest BCUT2D eigenvalue weighted by molar-refractivity contribution is 7.14. The van der Waals surface area contributed by atoms with E-state index in [1.807, 2.05) is 44.7 Å². The Morgan fingerprint density at radius 3 is 2.33 bits per heavy atom. The van der Waals surface area contributed by atoms with Crippen LogP contribution in [0.25, 0.3) is 0 Å². The molecule has 9 heteroatoms. The number of Topliss-reactive ketones (excluding diaryl/α,β-unsaturated/α-hetero) is 1. The van der Waals surface area contributed by atoms with Crippen molar-refractivity contribution < 1.29 is 34.1 Å². The molecule has 2 N–H and O–H groups in total. The van der Waals surface area contributed by atoms with Crippen LogP contribution >= 0.6 is 11.3 Å². The van der Waals surface area contributed by atoms with Gasteiger partial charge in [-0.1, -0.05) is 45.9 Å². The summed E-state index contributed by atoms with van der Waals surface area (Å²) in [6.45, 7) is 13.7. The van der Waals surface area contributed by atoms with Gasteiger partial charge < -0.3 is 24.6 Å². The molecule has 1 aromatic heterocycles. The molecule has 1 aromatic rings. The van der Waals surface area contributed by atoms with Gasteiger partial charge in [0.15, 0.2) is 11.4 Å². The van der Waals surface area contributed by atoms with E-state index < -0.39 is 39.0 Å². The van der Waals surface area contributed by atoms with Crippen molar-refractivity contribution in [1.82, 2.24) is 4.90 Å². The predicted octanol–water partition coefficient (Wildman–Crippen LogP) is 6.96. The quantitative estimate of drug-likeness (QED) is 0.177. The van der Waals surface area contributed by atoms with Crippen LogP contribution in [0.2, 0.25) is 0 Å². The average Bonchev–Trinajstić information content (AvgIpc) is 3.89. The van der Waals surface area contributed by atoms with Gasteiger partial charge in [0.2, 0.25) is 0 Å². The number of aliphatic hydroxyl groups is 2. The highest BCUT2D eigenvalue weighted by Gasteiger charge is 2.78. The highest BCUT2D eigenvalue weighted by atomic mass is 32.1. The van der Waals surface area contributed by atoms with Gasteiger partial charge in [-0.15, -0.1) is 11.3 Å². The summed E-state index contributed by atoms with van der Waals surface area (Å²) in [7, 11) is 0. The van der Waals surface area contributed by atoms with E-state index in [2.05, 4.69) is 32.1 Å². The molecule has 0 aromatic carbocycles. The highest BCUT2D eigenvalue weighted by Crippen LogP contribution is 2.78. The normalized spacial score (nSPS) is 47.8. The Morgan fingerprint density at radius 1 is 0.942 bits per heavy atom. The number of carbonyl (C=O) groups excluding carboxylic acids is 3. The Labute approximate surface area is 312 Å². The monoisotopic (exact) mass is 731 g/mol. The van der Waals surface area contributed by atoms with Gasteiger partial charge >= 0.3 is 5.97 Å². The van der Waals surface area contributed by atoms with Crippen molar-refractivity contribution in [2.45, 2.75) is 136 Å². The van der Waals surface area contributed by atoms with Crippen LogP contribution in [0, 0.1) is 51.2 Å². The van der Waals surface area contributed by atoms with Gasteiger partial charge in [0.25, 0.3) is 5.91 Å². The fourth-order valence-electron chi connectivity index (χ4n) is 13.8. The Kier molecular flexibility index (Phi) is 7.42. The summed E-state index contributed by atoms with van der Waals surface area (Å²) < 4.78 is 12.2. The number of esters is 1. The van der Waals surface area contributed by atoms with E-state index >= 15 is 4.79 Å². The van der Waals surface area contributed by atoms with Crippen LogP contribution in [0.15, 0.2) is 35.9 Å². The van der Waals surface area contributed by atoms with E-state index in [9.17, 15) is 19.8 Å². The van der Waals surface area contributed by atoms with Gasteiger partial charge in [-0.2, -0.15) is 0 Å². The van der Waals surface area contributed by atoms with Crippen LogP contribution < -0.4 is 0 Å². The maximum Gasteiger partial charge on any atom is 0.313 e. The van der Waals surface area contributed by atoms with Crippen LogP contribution in [-0.2, 0) is 19.1 Å². The van der Waals surface area contributed by atoms with E-state index in [4.69, 9.17) is 9.47 Å². The molecule has 4 saturated carbocycles. The number of thiophene rings is 1. The standard InChI is InChI=1S/C43H57NO7S/c1-26-9-10-30(52-26)33(46)29-23-40-18-19-42(29)31(37(40,4)14-11-27(45)22-40)12-15-38(5)32(42)13-16-41(38,49)25-44(24-28-8-7-21-50-28)34(47)43-20-17-39(6,35(48)51-43)36(43,2)3/h9-10,18-19,23,27-28,31-32,45,49H,7-8,11-17,20-22,24-25H2,1-6H3/t27?,28-,31-,32-,37-,38+,39+,40+,41-,42-,43-/m1/s1. The summed E-state index contributed by atoms with van der Waals surface area (Å²) in [5.74, 6) is -0.248. The number of allylic oxidation sites excluding steroid dienone is 4. The topological polar surface area (TPSA) is 113 Å². The van der Waals surface area contributed by atoms with Crippen molar-refractivity contribution in [2.24, 2.45) is 44.3 Å². The zero-order valence-electron chi connectivity index (χ0n) is 31.9. The molecule has 2 saturated heterocycles. The first-order valence-electron chi connectivity index (χ1n) is 20.0. The maximum atomic E-state index is 15.1. The van der Waals surface area contributed by atoms with Crippen molar-refractivity contribution in [3.05, 3.63) is 45.7 Å². The number of ether oxygens (including phenoxy) is 2. The zero-order chi connectivity index (χ0) is 36.9. The Hall–Kier alpha value is -2.33. The van der Waals surface area contributed by atoms with Gasteiger partial charge in [0, 0.05) is 45.3 Å². The Morgan fingerprint density at radius 2 is 1.67 bits per heavy atom. The molecular weight excluding hydrogens is 675 g/mol. The van der Waals surface area contributed by atoms with Crippen LogP contribution in [0.5, 0.6) is 0 Å². The third kappa shape index (κ3) is 4.07. The third-order valence-electron chi connectivity index (χ3n) is 17.5. The average molecular weight is 732 g/mol. The second-order valence-corrected chi connectivity index (χ2v) is 20.8. The molecule has 1 amide bonds. The minimum atomic E-state index is -1.27. The number of aryl methyl sites for hydroxylation is 1. The molecule has 6 fully saturated rings. The second-order valence-electron chi connectivity index (χ2n) is 19.5. The summed E-state index contributed by atoms with van der Waals surface area (Å²) in [6, 6.07) is 3.98. The summed E-state index contributed by atoms with van der Waals surface area (Å²) in [5, 5.41) is 24.3. The molecule has 11 atom stereocenters. The lowest BCUT2D eigenvalue weighted by Gasteiger charge is -2.71. The lowest BCUT2D eigenvalue weighted by atomic mass is 9.32. The van der Waals surface area contributed by atoms with E-state index in [1.165, 1.54) is 0 Å². The number of amides is 1. The number of carbonyl (C=O) groups is 3. The smallest absolute Gasteiger partial charge is 0.313 e. The van der Waals surface area contributed by atoms with Crippen molar-refractivity contribution in [3.8, 4) is 0 Å². The molecule has 7 aliphatic carbocycles. The lowest BCUT2D eigenvalue weighted by molar-refractivity contribution is -0.188. The number of ketones is 1. The van der Waals surface area contributed by atoms with Crippen LogP contribution in [0.3, 0.4) is 0 Å². The molecule has 2 aliphatic heterocycles. The number of fused-ring (bicyclic) bond motifs is 3. The molecule has 8 nitrogen and oxygen atoms in total. The van der Waals surface area contributed by atoms with Gasteiger partial charge in [0.05, 0.1) is 34.6 Å². The minimum absolute atomic E-state index is 0.0217. The summed E-state index contributed by atoms with van der Waals surface area (Å²) in [6.07, 6.45) is 14.5. The fraction of sp³-hybridized carbons (Fsp3) is 0.744. The van der Waals surface area contributed by atoms with Crippen molar-refractivity contribution in [1.29, 1.82) is 0 Å². The zero-order valence-corrected chi connectivity index (χ0v) is 32.7. The third-order valence-corrected chi connectivity index (χ3v) is 18.5. The molecule has 9 aliphatic rings. The van der Waals surface area contributed by atoms with Gasteiger partial charge in [-0.3, -0.25) is 14.4 Å². The van der Waals surface area contributed by atoms with Gasteiger partial charge in [-0.25, -0.2) is 0 Å². The van der Waals surface area contributed by atoms with Crippen molar-refractivity contribution in [2.75, 3.05) is 19.7 Å². The number of hydrogen-bond donors (Lipinski definition) is 2. The van der Waals surface area contributed by atoms with Crippen LogP contribution in [-0.4, -0.2) is 75.9 Å². The molecule has 52 heavy (non-hydrogen) atoms. The SMILES string of the molecule is Cc1ccc(C(=O)C2=C[C@@]34C=C[C@@]25[C@@H]2CC[C@@](O)(CN(C[C@H]6CCCO6)C(=O)[C@@]67CC[C@@](C)(C(=O)O6)C7(C)C)[C@@]2(C)CC[C@@H]5[C@@]3(C)CCC(O)C4)s1. The van der Waals surface area contributed by atoms with E-state index in [0.29, 0.717) is 38.8 Å². The van der Waals surface area contributed by atoms with Crippen LogP contribution in [0.4, 0.5) is 0 Å².